The number of rotatable bonds is 8. The van der Waals surface area contributed by atoms with Crippen molar-refractivity contribution in [2.75, 3.05) is 39.2 Å². The van der Waals surface area contributed by atoms with Crippen LogP contribution in [0.4, 0.5) is 15.9 Å². The van der Waals surface area contributed by atoms with Gasteiger partial charge in [-0.15, -0.1) is 0 Å². The summed E-state index contributed by atoms with van der Waals surface area (Å²) in [5.74, 6) is -0.597. The zero-order valence-electron chi connectivity index (χ0n) is 20.9. The summed E-state index contributed by atoms with van der Waals surface area (Å²) in [5.41, 5.74) is 1.03. The van der Waals surface area contributed by atoms with Gasteiger partial charge in [-0.1, -0.05) is 15.9 Å². The Morgan fingerprint density at radius 3 is 2.42 bits per heavy atom. The van der Waals surface area contributed by atoms with E-state index in [9.17, 15) is 14.0 Å². The fourth-order valence-corrected chi connectivity index (χ4v) is 4.07. The van der Waals surface area contributed by atoms with Crippen LogP contribution in [0.3, 0.4) is 0 Å². The first-order valence-electron chi connectivity index (χ1n) is 11.7. The number of nitrogens with zero attached hydrogens (tertiary/aromatic N) is 3. The van der Waals surface area contributed by atoms with Crippen molar-refractivity contribution in [1.29, 1.82) is 0 Å². The number of aromatic nitrogens is 2. The van der Waals surface area contributed by atoms with Crippen molar-refractivity contribution in [3.05, 3.63) is 59.1 Å². The van der Waals surface area contributed by atoms with Gasteiger partial charge in [-0.3, -0.25) is 0 Å². The van der Waals surface area contributed by atoms with Crippen LogP contribution in [-0.2, 0) is 9.59 Å². The molecule has 0 amide bonds. The molecule has 10 nitrogen and oxygen atoms in total. The third-order valence-electron chi connectivity index (χ3n) is 5.79. The second-order valence-corrected chi connectivity index (χ2v) is 9.47. The number of benzene rings is 2. The number of anilines is 2. The molecule has 0 saturated carbocycles. The molecule has 38 heavy (non-hydrogen) atoms. The number of ether oxygens (including phenoxy) is 2. The van der Waals surface area contributed by atoms with E-state index < -0.39 is 11.9 Å². The Labute approximate surface area is 227 Å². The molecule has 1 aliphatic heterocycles. The summed E-state index contributed by atoms with van der Waals surface area (Å²) in [6.45, 7) is 2.84. The van der Waals surface area contributed by atoms with Gasteiger partial charge in [0.05, 0.1) is 24.9 Å². The van der Waals surface area contributed by atoms with E-state index in [2.05, 4.69) is 43.2 Å². The standard InChI is InChI=1S/C22H24BrFN4O2.C4H4O4/c1-28-7-5-14(6-8-28)12-30-21-11-19-16(10-20(21)29-2)22(26-13-25-19)27-18-4-3-15(23)9-17(18)24;5-3(6)1-2-4(7)8/h3-4,9-11,13-14H,5-8,12H2,1-2H3,(H,25,26,27);1-2H,(H,5,6)(H,7,8). The minimum atomic E-state index is -1.26. The van der Waals surface area contributed by atoms with Crippen LogP contribution >= 0.6 is 15.9 Å². The maximum atomic E-state index is 14.3. The van der Waals surface area contributed by atoms with Crippen molar-refractivity contribution < 1.29 is 33.7 Å². The van der Waals surface area contributed by atoms with Crippen molar-refractivity contribution in [3.8, 4) is 11.5 Å². The van der Waals surface area contributed by atoms with Crippen LogP contribution in [0, 0.1) is 11.7 Å². The average molecular weight is 591 g/mol. The van der Waals surface area contributed by atoms with Gasteiger partial charge in [0.2, 0.25) is 0 Å². The third kappa shape index (κ3) is 8.38. The van der Waals surface area contributed by atoms with Crippen molar-refractivity contribution in [2.24, 2.45) is 5.92 Å². The number of hydrogen-bond acceptors (Lipinski definition) is 8. The molecule has 0 unspecified atom stereocenters. The summed E-state index contributed by atoms with van der Waals surface area (Å²) in [7, 11) is 3.75. The van der Waals surface area contributed by atoms with Gasteiger partial charge < -0.3 is 29.9 Å². The molecule has 12 heteroatoms. The van der Waals surface area contributed by atoms with Crippen LogP contribution in [0.15, 0.2) is 53.3 Å². The molecule has 1 saturated heterocycles. The maximum Gasteiger partial charge on any atom is 0.328 e. The number of fused-ring (bicyclic) bond motifs is 1. The summed E-state index contributed by atoms with van der Waals surface area (Å²) >= 11 is 3.27. The molecule has 3 aromatic rings. The van der Waals surface area contributed by atoms with Crippen LogP contribution in [0.5, 0.6) is 11.5 Å². The van der Waals surface area contributed by atoms with Gasteiger partial charge in [-0.05, 0) is 63.2 Å². The lowest BCUT2D eigenvalue weighted by Gasteiger charge is -2.28. The summed E-state index contributed by atoms with van der Waals surface area (Å²) in [4.78, 5) is 30.1. The Hall–Kier alpha value is -3.77. The molecule has 1 fully saturated rings. The molecule has 0 radical (unpaired) electrons. The molecule has 1 aromatic heterocycles. The Balaban J connectivity index is 0.000000436. The first kappa shape index (κ1) is 28.8. The topological polar surface area (TPSA) is 134 Å². The summed E-state index contributed by atoms with van der Waals surface area (Å²) < 4.78 is 26.6. The molecule has 0 aliphatic carbocycles. The molecule has 2 heterocycles. The maximum absolute atomic E-state index is 14.3. The van der Waals surface area contributed by atoms with Crippen molar-refractivity contribution >= 4 is 50.3 Å². The van der Waals surface area contributed by atoms with E-state index in [4.69, 9.17) is 19.7 Å². The van der Waals surface area contributed by atoms with Gasteiger partial charge in [0.1, 0.15) is 18.0 Å². The van der Waals surface area contributed by atoms with E-state index in [1.165, 1.54) is 12.4 Å². The average Bonchev–Trinajstić information content (AvgIpc) is 2.88. The molecule has 4 rings (SSSR count). The highest BCUT2D eigenvalue weighted by Gasteiger charge is 2.19. The number of likely N-dealkylation sites (tertiary alicyclic amines) is 1. The largest absolute Gasteiger partial charge is 0.493 e. The number of carboxylic acids is 2. The highest BCUT2D eigenvalue weighted by molar-refractivity contribution is 9.10. The highest BCUT2D eigenvalue weighted by Crippen LogP contribution is 2.35. The summed E-state index contributed by atoms with van der Waals surface area (Å²) in [6, 6.07) is 8.52. The monoisotopic (exact) mass is 590 g/mol. The van der Waals surface area contributed by atoms with E-state index in [1.54, 1.807) is 19.2 Å². The van der Waals surface area contributed by atoms with Crippen LogP contribution in [-0.4, -0.2) is 70.9 Å². The van der Waals surface area contributed by atoms with Crippen LogP contribution in [0.25, 0.3) is 10.9 Å². The third-order valence-corrected chi connectivity index (χ3v) is 6.28. The number of halogens is 2. The van der Waals surface area contributed by atoms with E-state index in [1.807, 2.05) is 12.1 Å². The van der Waals surface area contributed by atoms with Gasteiger partial charge in [0.15, 0.2) is 11.5 Å². The second kappa shape index (κ2) is 13.7. The molecular formula is C26H28BrFN4O6. The number of carboxylic acid groups (broad SMARTS) is 2. The van der Waals surface area contributed by atoms with Gasteiger partial charge in [0.25, 0.3) is 0 Å². The summed E-state index contributed by atoms with van der Waals surface area (Å²) in [5, 5.41) is 19.4. The first-order chi connectivity index (χ1) is 18.2. The predicted molar refractivity (Wildman–Crippen MR) is 144 cm³/mol. The summed E-state index contributed by atoms with van der Waals surface area (Å²) in [6.07, 6.45) is 4.82. The minimum absolute atomic E-state index is 0.333. The second-order valence-electron chi connectivity index (χ2n) is 8.56. The zero-order chi connectivity index (χ0) is 27.7. The van der Waals surface area contributed by atoms with Crippen molar-refractivity contribution in [1.82, 2.24) is 14.9 Å². The number of methoxy groups -OCH3 is 1. The van der Waals surface area contributed by atoms with Crippen molar-refractivity contribution in [2.45, 2.75) is 12.8 Å². The van der Waals surface area contributed by atoms with E-state index in [0.717, 1.165) is 31.3 Å². The normalized spacial score (nSPS) is 14.1. The molecule has 0 atom stereocenters. The number of nitrogens with one attached hydrogen (secondary N) is 1. The smallest absolute Gasteiger partial charge is 0.328 e. The fraction of sp³-hybridized carbons (Fsp3) is 0.308. The lowest BCUT2D eigenvalue weighted by molar-refractivity contribution is -0.134. The minimum Gasteiger partial charge on any atom is -0.493 e. The number of piperidine rings is 1. The number of hydrogen-bond donors (Lipinski definition) is 3. The van der Waals surface area contributed by atoms with Crippen molar-refractivity contribution in [3.63, 3.8) is 0 Å². The van der Waals surface area contributed by atoms with E-state index in [-0.39, 0.29) is 5.82 Å². The SMILES string of the molecule is COc1cc2c(Nc3ccc(Br)cc3F)ncnc2cc1OCC1CCN(C)CC1.O=C(O)C=CC(=O)O. The Morgan fingerprint density at radius 1 is 1.13 bits per heavy atom. The Kier molecular flexibility index (Phi) is 10.4. The fourth-order valence-electron chi connectivity index (χ4n) is 3.73. The molecular weight excluding hydrogens is 563 g/mol. The lowest BCUT2D eigenvalue weighted by Crippen LogP contribution is -2.32. The number of carbonyl (C=O) groups is 2. The van der Waals surface area contributed by atoms with Crippen LogP contribution in [0.2, 0.25) is 0 Å². The van der Waals surface area contributed by atoms with E-state index in [0.29, 0.717) is 57.7 Å². The molecule has 3 N–H and O–H groups in total. The van der Waals surface area contributed by atoms with Crippen LogP contribution < -0.4 is 14.8 Å². The highest BCUT2D eigenvalue weighted by atomic mass is 79.9. The van der Waals surface area contributed by atoms with Gasteiger partial charge in [-0.25, -0.2) is 23.9 Å². The molecule has 202 valence electrons. The lowest BCUT2D eigenvalue weighted by atomic mass is 9.98. The Morgan fingerprint density at radius 2 is 1.82 bits per heavy atom. The first-order valence-corrected chi connectivity index (χ1v) is 12.5. The van der Waals surface area contributed by atoms with Gasteiger partial charge in [-0.2, -0.15) is 0 Å². The molecule has 1 aliphatic rings. The molecule has 0 spiro atoms. The van der Waals surface area contributed by atoms with Gasteiger partial charge >= 0.3 is 11.9 Å². The van der Waals surface area contributed by atoms with Gasteiger partial charge in [0, 0.05) is 28.1 Å². The molecule has 0 bridgehead atoms. The predicted octanol–water partition coefficient (Wildman–Crippen LogP) is 4.72. The van der Waals surface area contributed by atoms with Crippen LogP contribution in [0.1, 0.15) is 12.8 Å². The quantitative estimate of drug-likeness (QED) is 0.316. The number of aliphatic carboxylic acids is 2. The molecule has 2 aromatic carbocycles. The Bertz CT molecular complexity index is 1300. The van der Waals surface area contributed by atoms with E-state index >= 15 is 0 Å². The zero-order valence-corrected chi connectivity index (χ0v) is 22.4.